The van der Waals surface area contributed by atoms with Crippen molar-refractivity contribution in [2.75, 3.05) is 20.8 Å². The van der Waals surface area contributed by atoms with E-state index in [1.807, 2.05) is 0 Å². The SMILES string of the molecule is COCC(c1ccc(Cl)c(-n2ncnc2C(F)F)c1)N(C)C(N)=NC(C=O)c1ccc(-c2cncs2)cc1F. The van der Waals surface area contributed by atoms with Gasteiger partial charge in [-0.15, -0.1) is 11.3 Å². The number of aromatic nitrogens is 4. The van der Waals surface area contributed by atoms with Crippen LogP contribution in [0.25, 0.3) is 16.1 Å². The van der Waals surface area contributed by atoms with Crippen LogP contribution in [0.15, 0.2) is 59.4 Å². The number of benzene rings is 2. The Morgan fingerprint density at radius 2 is 2.10 bits per heavy atom. The quantitative estimate of drug-likeness (QED) is 0.160. The Morgan fingerprint density at radius 3 is 2.74 bits per heavy atom. The highest BCUT2D eigenvalue weighted by molar-refractivity contribution is 7.13. The Balaban J connectivity index is 1.64. The topological polar surface area (TPSA) is 112 Å². The van der Waals surface area contributed by atoms with Crippen molar-refractivity contribution < 1.29 is 22.7 Å². The lowest BCUT2D eigenvalue weighted by atomic mass is 10.0. The van der Waals surface area contributed by atoms with Crippen LogP contribution in [0, 0.1) is 5.82 Å². The summed E-state index contributed by atoms with van der Waals surface area (Å²) in [6, 6.07) is 7.44. The molecule has 204 valence electrons. The number of aldehydes is 1. The summed E-state index contributed by atoms with van der Waals surface area (Å²) in [6.07, 6.45) is 0.255. The van der Waals surface area contributed by atoms with Gasteiger partial charge in [-0.05, 0) is 29.3 Å². The molecule has 0 spiro atoms. The minimum Gasteiger partial charge on any atom is -0.382 e. The van der Waals surface area contributed by atoms with Crippen molar-refractivity contribution in [1.29, 1.82) is 0 Å². The first-order valence-corrected chi connectivity index (χ1v) is 12.7. The van der Waals surface area contributed by atoms with Gasteiger partial charge >= 0.3 is 0 Å². The Labute approximate surface area is 230 Å². The van der Waals surface area contributed by atoms with Gasteiger partial charge < -0.3 is 20.2 Å². The largest absolute Gasteiger partial charge is 0.382 e. The highest BCUT2D eigenvalue weighted by Crippen LogP contribution is 2.31. The lowest BCUT2D eigenvalue weighted by Gasteiger charge is -2.30. The van der Waals surface area contributed by atoms with E-state index in [0.29, 0.717) is 17.4 Å². The van der Waals surface area contributed by atoms with Gasteiger partial charge in [0.2, 0.25) is 0 Å². The predicted octanol–water partition coefficient (Wildman–Crippen LogP) is 5.00. The minimum absolute atomic E-state index is 0.0531. The van der Waals surface area contributed by atoms with E-state index in [9.17, 15) is 18.0 Å². The molecule has 2 heterocycles. The van der Waals surface area contributed by atoms with Crippen LogP contribution >= 0.6 is 22.9 Å². The zero-order valence-corrected chi connectivity index (χ0v) is 22.3. The lowest BCUT2D eigenvalue weighted by molar-refractivity contribution is -0.109. The fourth-order valence-corrected chi connectivity index (χ4v) is 4.74. The number of halogens is 4. The summed E-state index contributed by atoms with van der Waals surface area (Å²) in [7, 11) is 3.09. The number of alkyl halides is 2. The van der Waals surface area contributed by atoms with E-state index in [-0.39, 0.29) is 28.8 Å². The monoisotopic (exact) mass is 577 g/mol. The zero-order chi connectivity index (χ0) is 28.1. The van der Waals surface area contributed by atoms with Gasteiger partial charge in [-0.3, -0.25) is 4.98 Å². The van der Waals surface area contributed by atoms with Gasteiger partial charge in [-0.2, -0.15) is 5.10 Å². The number of hydrogen-bond donors (Lipinski definition) is 1. The number of carbonyl (C=O) groups excluding carboxylic acids is 1. The lowest BCUT2D eigenvalue weighted by Crippen LogP contribution is -2.39. The summed E-state index contributed by atoms with van der Waals surface area (Å²) in [5.74, 6) is -1.26. The van der Waals surface area contributed by atoms with Crippen LogP contribution < -0.4 is 5.73 Å². The smallest absolute Gasteiger partial charge is 0.297 e. The second-order valence-corrected chi connectivity index (χ2v) is 9.59. The van der Waals surface area contributed by atoms with Crippen molar-refractivity contribution in [1.82, 2.24) is 24.6 Å². The fraction of sp³-hybridized carbons (Fsp3) is 0.240. The second-order valence-electron chi connectivity index (χ2n) is 8.29. The van der Waals surface area contributed by atoms with Crippen molar-refractivity contribution in [2.24, 2.45) is 10.7 Å². The number of aliphatic imine (C=N–C) groups is 1. The zero-order valence-electron chi connectivity index (χ0n) is 20.7. The molecule has 14 heteroatoms. The number of likely N-dealkylation sites (N-methyl/N-ethyl adjacent to an activating group) is 1. The van der Waals surface area contributed by atoms with Crippen molar-refractivity contribution in [3.63, 3.8) is 0 Å². The molecule has 2 atom stereocenters. The van der Waals surface area contributed by atoms with Crippen molar-refractivity contribution in [3.8, 4) is 16.1 Å². The van der Waals surface area contributed by atoms with Crippen LogP contribution in [-0.4, -0.2) is 57.7 Å². The molecule has 0 aliphatic heterocycles. The van der Waals surface area contributed by atoms with Crippen molar-refractivity contribution >= 4 is 35.2 Å². The third-order valence-electron chi connectivity index (χ3n) is 5.94. The van der Waals surface area contributed by atoms with Crippen LogP contribution in [0.4, 0.5) is 13.2 Å². The van der Waals surface area contributed by atoms with Gasteiger partial charge in [0.25, 0.3) is 6.43 Å². The maximum Gasteiger partial charge on any atom is 0.297 e. The molecule has 0 saturated heterocycles. The number of thiazole rings is 1. The number of nitrogens with two attached hydrogens (primary N) is 1. The van der Waals surface area contributed by atoms with Gasteiger partial charge in [-0.25, -0.2) is 27.8 Å². The summed E-state index contributed by atoms with van der Waals surface area (Å²) < 4.78 is 48.2. The predicted molar refractivity (Wildman–Crippen MR) is 142 cm³/mol. The third-order valence-corrected chi connectivity index (χ3v) is 7.08. The van der Waals surface area contributed by atoms with Crippen molar-refractivity contribution in [2.45, 2.75) is 18.5 Å². The molecule has 0 aliphatic carbocycles. The molecule has 2 aromatic carbocycles. The molecular formula is C25H23ClF3N7O2S. The molecule has 4 aromatic rings. The standard InChI is InChI=1S/C25H23ClF3N7O2S/c1-35(25(30)34-19(10-37)16-5-3-15(7-18(16)27)22-9-31-13-39-22)21(11-38-2)14-4-6-17(26)20(8-14)36-24(23(28)29)32-12-33-36/h3-10,12-13,19,21,23H,11H2,1-2H3,(H2,30,34). The normalized spacial score (nSPS) is 13.5. The van der Waals surface area contributed by atoms with Crippen LogP contribution in [0.5, 0.6) is 0 Å². The Morgan fingerprint density at radius 1 is 1.31 bits per heavy atom. The first kappa shape index (κ1) is 28.2. The van der Waals surface area contributed by atoms with E-state index < -0.39 is 30.2 Å². The molecule has 2 unspecified atom stereocenters. The maximum atomic E-state index is 15.0. The van der Waals surface area contributed by atoms with Crippen LogP contribution in [0.2, 0.25) is 5.02 Å². The van der Waals surface area contributed by atoms with Gasteiger partial charge in [0.05, 0.1) is 33.7 Å². The fourth-order valence-electron chi connectivity index (χ4n) is 3.92. The summed E-state index contributed by atoms with van der Waals surface area (Å²) in [6.45, 7) is 0.108. The summed E-state index contributed by atoms with van der Waals surface area (Å²) in [4.78, 5) is 26.1. The number of rotatable bonds is 10. The first-order chi connectivity index (χ1) is 18.7. The Hall–Kier alpha value is -3.81. The molecule has 0 bridgehead atoms. The van der Waals surface area contributed by atoms with Gasteiger partial charge in [0.1, 0.15) is 24.5 Å². The number of carbonyl (C=O) groups is 1. The number of guanidine groups is 1. The summed E-state index contributed by atoms with van der Waals surface area (Å²) in [5.41, 5.74) is 9.34. The first-order valence-electron chi connectivity index (χ1n) is 11.4. The molecule has 2 N–H and O–H groups in total. The molecule has 0 saturated carbocycles. The average molecular weight is 578 g/mol. The van der Waals surface area contributed by atoms with E-state index in [4.69, 9.17) is 22.1 Å². The van der Waals surface area contributed by atoms with Gasteiger partial charge in [-0.1, -0.05) is 29.8 Å². The van der Waals surface area contributed by atoms with E-state index in [1.54, 1.807) is 37.0 Å². The van der Waals surface area contributed by atoms with Crippen molar-refractivity contribution in [3.05, 3.63) is 82.2 Å². The van der Waals surface area contributed by atoms with E-state index in [1.165, 1.54) is 41.5 Å². The maximum absolute atomic E-state index is 15.0. The molecule has 9 nitrogen and oxygen atoms in total. The minimum atomic E-state index is -2.87. The van der Waals surface area contributed by atoms with E-state index in [0.717, 1.165) is 15.9 Å². The molecule has 0 aliphatic rings. The number of hydrogen-bond acceptors (Lipinski definition) is 7. The second kappa shape index (κ2) is 12.4. The molecular weight excluding hydrogens is 555 g/mol. The molecule has 2 aromatic heterocycles. The number of ether oxygens (including phenoxy) is 1. The van der Waals surface area contributed by atoms with E-state index in [2.05, 4.69) is 20.1 Å². The highest BCUT2D eigenvalue weighted by atomic mass is 35.5. The number of methoxy groups -OCH3 is 1. The number of nitrogens with zero attached hydrogens (tertiary/aromatic N) is 6. The Kier molecular flexibility index (Phi) is 8.94. The Bertz CT molecular complexity index is 1470. The molecule has 39 heavy (non-hydrogen) atoms. The van der Waals surface area contributed by atoms with Crippen LogP contribution in [-0.2, 0) is 9.53 Å². The summed E-state index contributed by atoms with van der Waals surface area (Å²) in [5, 5.41) is 4.05. The van der Waals surface area contributed by atoms with Gasteiger partial charge in [0, 0.05) is 25.9 Å². The van der Waals surface area contributed by atoms with Crippen LogP contribution in [0.3, 0.4) is 0 Å². The third kappa shape index (κ3) is 6.10. The highest BCUT2D eigenvalue weighted by Gasteiger charge is 2.24. The summed E-state index contributed by atoms with van der Waals surface area (Å²) >= 11 is 7.66. The van der Waals surface area contributed by atoms with E-state index >= 15 is 0 Å². The molecule has 0 fully saturated rings. The average Bonchev–Trinajstić information content (AvgIpc) is 3.63. The molecule has 4 rings (SSSR count). The van der Waals surface area contributed by atoms with Crippen LogP contribution in [0.1, 0.15) is 35.5 Å². The van der Waals surface area contributed by atoms with Gasteiger partial charge in [0.15, 0.2) is 11.8 Å². The molecule has 0 radical (unpaired) electrons. The molecule has 0 amide bonds.